The van der Waals surface area contributed by atoms with Crippen LogP contribution in [0.25, 0.3) is 10.9 Å². The lowest BCUT2D eigenvalue weighted by Gasteiger charge is -2.25. The molecule has 6 heteroatoms. The molecule has 0 aliphatic carbocycles. The molecule has 0 saturated heterocycles. The Morgan fingerprint density at radius 2 is 1.76 bits per heavy atom. The molecule has 4 rings (SSSR count). The van der Waals surface area contributed by atoms with Gasteiger partial charge >= 0.3 is 0 Å². The number of benzene rings is 2. The lowest BCUT2D eigenvalue weighted by molar-refractivity contribution is 0.355. The molecule has 4 nitrogen and oxygen atoms in total. The fourth-order valence-electron chi connectivity index (χ4n) is 3.34. The van der Waals surface area contributed by atoms with E-state index in [1.165, 1.54) is 11.4 Å². The van der Waals surface area contributed by atoms with Gasteiger partial charge in [-0.05, 0) is 42.8 Å². The Morgan fingerprint density at radius 3 is 2.52 bits per heavy atom. The van der Waals surface area contributed by atoms with Crippen molar-refractivity contribution in [2.75, 3.05) is 14.2 Å². The average molecular weight is 409 g/mol. The molecular formula is C23H21FNO3P. The van der Waals surface area contributed by atoms with Crippen LogP contribution in [0.1, 0.15) is 18.1 Å². The van der Waals surface area contributed by atoms with Crippen molar-refractivity contribution in [2.45, 2.75) is 12.6 Å². The Morgan fingerprint density at radius 1 is 0.966 bits per heavy atom. The summed E-state index contributed by atoms with van der Waals surface area (Å²) < 4.78 is 31.0. The minimum atomic E-state index is -0.245. The lowest BCUT2D eigenvalue weighted by Crippen LogP contribution is -2.07. The van der Waals surface area contributed by atoms with E-state index in [0.717, 1.165) is 22.2 Å². The standard InChI is InChI=1S/C23H21FNO3P/c1-14-7-8-20(23(29-14)15-5-4-6-16(24)11-15)28-19-9-10-25-18-13-22(27-3)21(26-2)12-17(18)19/h4-13,23,29H,1-3H3. The Bertz CT molecular complexity index is 1130. The maximum absolute atomic E-state index is 13.8. The van der Waals surface area contributed by atoms with Gasteiger partial charge in [-0.3, -0.25) is 4.98 Å². The van der Waals surface area contributed by atoms with E-state index in [9.17, 15) is 4.39 Å². The first-order chi connectivity index (χ1) is 14.1. The summed E-state index contributed by atoms with van der Waals surface area (Å²) in [6, 6.07) is 12.2. The lowest BCUT2D eigenvalue weighted by atomic mass is 10.1. The van der Waals surface area contributed by atoms with E-state index in [1.54, 1.807) is 32.5 Å². The summed E-state index contributed by atoms with van der Waals surface area (Å²) in [5, 5.41) is 2.07. The molecule has 2 heterocycles. The molecule has 29 heavy (non-hydrogen) atoms. The number of nitrogens with zero attached hydrogens (tertiary/aromatic N) is 1. The molecule has 0 radical (unpaired) electrons. The van der Waals surface area contributed by atoms with Crippen molar-refractivity contribution in [1.29, 1.82) is 0 Å². The van der Waals surface area contributed by atoms with E-state index in [0.29, 0.717) is 25.8 Å². The third-order valence-electron chi connectivity index (χ3n) is 4.77. The molecule has 2 aromatic carbocycles. The van der Waals surface area contributed by atoms with Crippen LogP contribution >= 0.6 is 8.58 Å². The van der Waals surface area contributed by atoms with Gasteiger partial charge in [0.1, 0.15) is 17.3 Å². The zero-order chi connectivity index (χ0) is 20.4. The number of rotatable bonds is 5. The van der Waals surface area contributed by atoms with E-state index in [2.05, 4.69) is 18.0 Å². The van der Waals surface area contributed by atoms with E-state index >= 15 is 0 Å². The molecule has 1 aliphatic heterocycles. The molecule has 2 atom stereocenters. The minimum Gasteiger partial charge on any atom is -0.493 e. The van der Waals surface area contributed by atoms with Gasteiger partial charge in [0.15, 0.2) is 11.5 Å². The molecule has 1 aromatic heterocycles. The van der Waals surface area contributed by atoms with Crippen LogP contribution in [0, 0.1) is 5.82 Å². The van der Waals surface area contributed by atoms with Crippen LogP contribution in [-0.4, -0.2) is 19.2 Å². The summed E-state index contributed by atoms with van der Waals surface area (Å²) in [5.41, 5.74) is 1.62. The molecule has 0 bridgehead atoms. The number of fused-ring (bicyclic) bond motifs is 1. The van der Waals surface area contributed by atoms with E-state index < -0.39 is 0 Å². The van der Waals surface area contributed by atoms with Crippen molar-refractivity contribution in [3.63, 3.8) is 0 Å². The monoisotopic (exact) mass is 409 g/mol. The first-order valence-electron chi connectivity index (χ1n) is 9.18. The van der Waals surface area contributed by atoms with Crippen LogP contribution in [0.4, 0.5) is 4.39 Å². The summed E-state index contributed by atoms with van der Waals surface area (Å²) in [5.74, 6) is 2.42. The highest BCUT2D eigenvalue weighted by molar-refractivity contribution is 7.43. The number of hydrogen-bond acceptors (Lipinski definition) is 4. The number of pyridine rings is 1. The van der Waals surface area contributed by atoms with Gasteiger partial charge in [-0.25, -0.2) is 4.39 Å². The van der Waals surface area contributed by atoms with Crippen molar-refractivity contribution in [1.82, 2.24) is 4.98 Å². The number of halogens is 1. The highest BCUT2D eigenvalue weighted by Crippen LogP contribution is 2.49. The highest BCUT2D eigenvalue weighted by Gasteiger charge is 2.23. The minimum absolute atomic E-state index is 0.0286. The van der Waals surface area contributed by atoms with Crippen molar-refractivity contribution < 1.29 is 18.6 Å². The van der Waals surface area contributed by atoms with E-state index in [4.69, 9.17) is 14.2 Å². The van der Waals surface area contributed by atoms with Gasteiger partial charge < -0.3 is 14.2 Å². The summed E-state index contributed by atoms with van der Waals surface area (Å²) in [6.45, 7) is 2.08. The highest BCUT2D eigenvalue weighted by atomic mass is 31.1. The second-order valence-corrected chi connectivity index (χ2v) is 8.34. The third-order valence-corrected chi connectivity index (χ3v) is 6.30. The first kappa shape index (κ1) is 19.4. The number of hydrogen-bond donors (Lipinski definition) is 0. The Balaban J connectivity index is 1.76. The molecule has 2 unspecified atom stereocenters. The zero-order valence-electron chi connectivity index (χ0n) is 16.4. The predicted octanol–water partition coefficient (Wildman–Crippen LogP) is 5.99. The molecule has 0 saturated carbocycles. The smallest absolute Gasteiger partial charge is 0.162 e. The predicted molar refractivity (Wildman–Crippen MR) is 115 cm³/mol. The zero-order valence-corrected chi connectivity index (χ0v) is 17.4. The fraction of sp³-hybridized carbons (Fsp3) is 0.174. The molecule has 3 aromatic rings. The maximum atomic E-state index is 13.8. The van der Waals surface area contributed by atoms with Crippen LogP contribution in [0.3, 0.4) is 0 Å². The second-order valence-electron chi connectivity index (χ2n) is 6.69. The van der Waals surface area contributed by atoms with Gasteiger partial charge in [-0.15, -0.1) is 0 Å². The van der Waals surface area contributed by atoms with Crippen LogP contribution in [-0.2, 0) is 0 Å². The fourth-order valence-corrected chi connectivity index (χ4v) is 4.62. The number of allylic oxidation sites excluding steroid dienone is 4. The molecular weight excluding hydrogens is 388 g/mol. The molecule has 1 aliphatic rings. The quantitative estimate of drug-likeness (QED) is 0.485. The summed E-state index contributed by atoms with van der Waals surface area (Å²) in [6.07, 6.45) is 5.72. The SMILES string of the molecule is COc1cc2nccc(OC3=CC=C(C)PC3c3cccc(F)c3)c2cc1OC. The maximum Gasteiger partial charge on any atom is 0.162 e. The average Bonchev–Trinajstić information content (AvgIpc) is 2.74. The second kappa shape index (κ2) is 8.22. The van der Waals surface area contributed by atoms with E-state index in [1.807, 2.05) is 30.3 Å². The Hall–Kier alpha value is -2.91. The summed E-state index contributed by atoms with van der Waals surface area (Å²) in [4.78, 5) is 4.43. The largest absolute Gasteiger partial charge is 0.493 e. The molecule has 0 fully saturated rings. The van der Waals surface area contributed by atoms with Crippen molar-refractivity contribution in [3.8, 4) is 17.2 Å². The summed E-state index contributed by atoms with van der Waals surface area (Å²) in [7, 11) is 3.68. The topological polar surface area (TPSA) is 40.6 Å². The number of aromatic nitrogens is 1. The van der Waals surface area contributed by atoms with Gasteiger partial charge in [-0.1, -0.05) is 32.1 Å². The molecule has 0 spiro atoms. The van der Waals surface area contributed by atoms with Crippen LogP contribution in [0.2, 0.25) is 0 Å². The Labute approximate surface area is 170 Å². The van der Waals surface area contributed by atoms with Crippen LogP contribution in [0.5, 0.6) is 17.2 Å². The first-order valence-corrected chi connectivity index (χ1v) is 10.3. The van der Waals surface area contributed by atoms with Gasteiger partial charge in [-0.2, -0.15) is 0 Å². The van der Waals surface area contributed by atoms with Gasteiger partial charge in [0.2, 0.25) is 0 Å². The van der Waals surface area contributed by atoms with E-state index in [-0.39, 0.29) is 11.5 Å². The molecule has 0 amide bonds. The van der Waals surface area contributed by atoms with Gasteiger partial charge in [0, 0.05) is 17.6 Å². The van der Waals surface area contributed by atoms with Gasteiger partial charge in [0.05, 0.1) is 25.4 Å². The third kappa shape index (κ3) is 3.96. The number of ether oxygens (including phenoxy) is 3. The molecule has 0 N–H and O–H groups in total. The van der Waals surface area contributed by atoms with Crippen LogP contribution < -0.4 is 14.2 Å². The van der Waals surface area contributed by atoms with Crippen molar-refractivity contribution in [2.24, 2.45) is 0 Å². The van der Waals surface area contributed by atoms with Crippen molar-refractivity contribution in [3.05, 3.63) is 83.3 Å². The Kier molecular flexibility index (Phi) is 5.50. The molecule has 148 valence electrons. The summed E-state index contributed by atoms with van der Waals surface area (Å²) >= 11 is 0. The normalized spacial score (nSPS) is 17.0. The number of methoxy groups -OCH3 is 2. The van der Waals surface area contributed by atoms with Crippen molar-refractivity contribution >= 4 is 19.5 Å². The van der Waals surface area contributed by atoms with Crippen LogP contribution in [0.15, 0.2) is 71.9 Å². The van der Waals surface area contributed by atoms with Gasteiger partial charge in [0.25, 0.3) is 0 Å².